The maximum atomic E-state index is 6.26. The molecule has 0 aliphatic carbocycles. The molecule has 0 aliphatic rings. The fraction of sp³-hybridized carbons (Fsp3) is 0.333. The van der Waals surface area contributed by atoms with Gasteiger partial charge in [0, 0.05) is 29.1 Å². The molecule has 0 radical (unpaired) electrons. The minimum atomic E-state index is -0.138. The van der Waals surface area contributed by atoms with E-state index in [9.17, 15) is 0 Å². The summed E-state index contributed by atoms with van der Waals surface area (Å²) in [5.41, 5.74) is 1.50. The van der Waals surface area contributed by atoms with Gasteiger partial charge in [-0.25, -0.2) is 9.97 Å². The monoisotopic (exact) mass is 309 g/mol. The van der Waals surface area contributed by atoms with E-state index < -0.39 is 0 Å². The Labute approximate surface area is 129 Å². The normalized spacial score (nSPS) is 11.5. The van der Waals surface area contributed by atoms with Crippen LogP contribution in [0.1, 0.15) is 26.6 Å². The van der Waals surface area contributed by atoms with Gasteiger partial charge < -0.3 is 5.32 Å². The van der Waals surface area contributed by atoms with Crippen molar-refractivity contribution in [1.29, 1.82) is 0 Å². The highest BCUT2D eigenvalue weighted by molar-refractivity contribution is 6.36. The molecule has 0 spiro atoms. The first-order valence-corrected chi connectivity index (χ1v) is 7.09. The van der Waals surface area contributed by atoms with E-state index in [0.29, 0.717) is 10.0 Å². The maximum absolute atomic E-state index is 6.26. The van der Waals surface area contributed by atoms with Gasteiger partial charge >= 0.3 is 0 Å². The van der Waals surface area contributed by atoms with Gasteiger partial charge in [-0.2, -0.15) is 0 Å². The van der Waals surface area contributed by atoms with Crippen molar-refractivity contribution in [2.45, 2.75) is 26.2 Å². The molecule has 0 atom stereocenters. The second-order valence-electron chi connectivity index (χ2n) is 5.59. The fourth-order valence-electron chi connectivity index (χ4n) is 1.75. The van der Waals surface area contributed by atoms with Crippen molar-refractivity contribution in [1.82, 2.24) is 9.97 Å². The quantitative estimate of drug-likeness (QED) is 0.866. The number of anilines is 1. The molecule has 106 valence electrons. The summed E-state index contributed by atoms with van der Waals surface area (Å²) in [6.45, 7) is 6.24. The molecular weight excluding hydrogens is 293 g/mol. The number of aromatic nitrogens is 2. The van der Waals surface area contributed by atoms with Gasteiger partial charge in [-0.05, 0) is 18.2 Å². The van der Waals surface area contributed by atoms with Gasteiger partial charge in [-0.15, -0.1) is 0 Å². The molecule has 0 saturated carbocycles. The molecular formula is C15H17Cl2N3. The van der Waals surface area contributed by atoms with Gasteiger partial charge in [0.1, 0.15) is 11.6 Å². The average molecular weight is 310 g/mol. The van der Waals surface area contributed by atoms with Crippen molar-refractivity contribution in [3.05, 3.63) is 40.1 Å². The Kier molecular flexibility index (Phi) is 4.21. The second kappa shape index (κ2) is 5.58. The minimum Gasteiger partial charge on any atom is -0.373 e. The van der Waals surface area contributed by atoms with Crippen LogP contribution >= 0.6 is 23.2 Å². The first-order valence-electron chi connectivity index (χ1n) is 6.34. The standard InChI is InChI=1S/C15H17Cl2N3/c1-15(2,3)14-19-12(8-13(18-4)20-14)10-6-5-9(16)7-11(10)17/h5-8H,1-4H3,(H,18,19,20). The zero-order valence-electron chi connectivity index (χ0n) is 12.0. The van der Waals surface area contributed by atoms with Gasteiger partial charge in [0.05, 0.1) is 10.7 Å². The lowest BCUT2D eigenvalue weighted by molar-refractivity contribution is 0.547. The van der Waals surface area contributed by atoms with E-state index in [1.54, 1.807) is 12.1 Å². The third-order valence-electron chi connectivity index (χ3n) is 2.86. The molecule has 2 rings (SSSR count). The molecule has 5 heteroatoms. The van der Waals surface area contributed by atoms with E-state index in [4.69, 9.17) is 23.2 Å². The van der Waals surface area contributed by atoms with Crippen LogP contribution in [0.5, 0.6) is 0 Å². The molecule has 0 amide bonds. The smallest absolute Gasteiger partial charge is 0.136 e. The van der Waals surface area contributed by atoms with Gasteiger partial charge in [0.2, 0.25) is 0 Å². The van der Waals surface area contributed by atoms with Crippen LogP contribution in [0.25, 0.3) is 11.3 Å². The highest BCUT2D eigenvalue weighted by atomic mass is 35.5. The van der Waals surface area contributed by atoms with Crippen LogP contribution in [0.2, 0.25) is 10.0 Å². The molecule has 20 heavy (non-hydrogen) atoms. The van der Waals surface area contributed by atoms with E-state index in [1.807, 2.05) is 19.2 Å². The Balaban J connectivity index is 2.61. The molecule has 1 N–H and O–H groups in total. The third-order valence-corrected chi connectivity index (χ3v) is 3.41. The molecule has 0 fully saturated rings. The summed E-state index contributed by atoms with van der Waals surface area (Å²) in [6.07, 6.45) is 0. The summed E-state index contributed by atoms with van der Waals surface area (Å²) < 4.78 is 0. The molecule has 1 aromatic carbocycles. The molecule has 0 aliphatic heterocycles. The Hall–Kier alpha value is -1.32. The fourth-order valence-corrected chi connectivity index (χ4v) is 2.25. The Bertz CT molecular complexity index is 634. The van der Waals surface area contributed by atoms with E-state index in [0.717, 1.165) is 22.9 Å². The highest BCUT2D eigenvalue weighted by Gasteiger charge is 2.20. The zero-order chi connectivity index (χ0) is 14.9. The molecule has 0 unspecified atom stereocenters. The number of halogens is 2. The number of nitrogens with zero attached hydrogens (tertiary/aromatic N) is 2. The van der Waals surface area contributed by atoms with E-state index in [-0.39, 0.29) is 5.41 Å². The molecule has 1 heterocycles. The minimum absolute atomic E-state index is 0.138. The van der Waals surface area contributed by atoms with Crippen LogP contribution in [0, 0.1) is 0 Å². The van der Waals surface area contributed by atoms with Crippen molar-refractivity contribution in [3.63, 3.8) is 0 Å². The molecule has 2 aromatic rings. The molecule has 1 aromatic heterocycles. The van der Waals surface area contributed by atoms with Crippen LogP contribution in [-0.2, 0) is 5.41 Å². The van der Waals surface area contributed by atoms with E-state index in [2.05, 4.69) is 36.1 Å². The van der Waals surface area contributed by atoms with Crippen LogP contribution < -0.4 is 5.32 Å². The lowest BCUT2D eigenvalue weighted by atomic mass is 9.95. The summed E-state index contributed by atoms with van der Waals surface area (Å²) in [7, 11) is 1.84. The van der Waals surface area contributed by atoms with Crippen LogP contribution in [0.15, 0.2) is 24.3 Å². The number of benzene rings is 1. The lowest BCUT2D eigenvalue weighted by Gasteiger charge is -2.18. The van der Waals surface area contributed by atoms with Crippen LogP contribution in [0.3, 0.4) is 0 Å². The summed E-state index contributed by atoms with van der Waals surface area (Å²) in [6, 6.07) is 7.28. The molecule has 3 nitrogen and oxygen atoms in total. The van der Waals surface area contributed by atoms with Crippen LogP contribution in [0.4, 0.5) is 5.82 Å². The molecule has 0 bridgehead atoms. The highest BCUT2D eigenvalue weighted by Crippen LogP contribution is 2.31. The van der Waals surface area contributed by atoms with Crippen molar-refractivity contribution in [2.24, 2.45) is 0 Å². The van der Waals surface area contributed by atoms with Crippen molar-refractivity contribution in [2.75, 3.05) is 12.4 Å². The van der Waals surface area contributed by atoms with Gasteiger partial charge in [0.25, 0.3) is 0 Å². The maximum Gasteiger partial charge on any atom is 0.136 e. The Morgan fingerprint density at radius 3 is 2.30 bits per heavy atom. The van der Waals surface area contributed by atoms with Gasteiger partial charge in [-0.3, -0.25) is 0 Å². The second-order valence-corrected chi connectivity index (χ2v) is 6.43. The van der Waals surface area contributed by atoms with Crippen molar-refractivity contribution < 1.29 is 0 Å². The van der Waals surface area contributed by atoms with E-state index in [1.165, 1.54) is 0 Å². The number of nitrogens with one attached hydrogen (secondary N) is 1. The van der Waals surface area contributed by atoms with Crippen molar-refractivity contribution >= 4 is 29.0 Å². The predicted molar refractivity (Wildman–Crippen MR) is 85.7 cm³/mol. The van der Waals surface area contributed by atoms with Crippen molar-refractivity contribution in [3.8, 4) is 11.3 Å². The number of hydrogen-bond acceptors (Lipinski definition) is 3. The third kappa shape index (κ3) is 3.22. The summed E-state index contributed by atoms with van der Waals surface area (Å²) in [4.78, 5) is 9.14. The number of hydrogen-bond donors (Lipinski definition) is 1. The van der Waals surface area contributed by atoms with Gasteiger partial charge in [-0.1, -0.05) is 44.0 Å². The molecule has 0 saturated heterocycles. The summed E-state index contributed by atoms with van der Waals surface area (Å²) in [5, 5.41) is 4.25. The zero-order valence-corrected chi connectivity index (χ0v) is 13.5. The first-order chi connectivity index (χ1) is 9.31. The van der Waals surface area contributed by atoms with E-state index >= 15 is 0 Å². The number of rotatable bonds is 2. The largest absolute Gasteiger partial charge is 0.373 e. The van der Waals surface area contributed by atoms with Gasteiger partial charge in [0.15, 0.2) is 0 Å². The summed E-state index contributed by atoms with van der Waals surface area (Å²) >= 11 is 12.2. The SMILES string of the molecule is CNc1cc(-c2ccc(Cl)cc2Cl)nc(C(C)(C)C)n1. The Morgan fingerprint density at radius 2 is 1.75 bits per heavy atom. The lowest BCUT2D eigenvalue weighted by Crippen LogP contribution is -2.17. The average Bonchev–Trinajstić information content (AvgIpc) is 2.37. The first kappa shape index (κ1) is 15.1. The topological polar surface area (TPSA) is 37.8 Å². The van der Waals surface area contributed by atoms with Crippen LogP contribution in [-0.4, -0.2) is 17.0 Å². The Morgan fingerprint density at radius 1 is 1.05 bits per heavy atom. The summed E-state index contributed by atoms with van der Waals surface area (Å²) in [5.74, 6) is 1.54. The predicted octanol–water partition coefficient (Wildman–Crippen LogP) is 4.79.